The van der Waals surface area contributed by atoms with Crippen molar-refractivity contribution in [3.63, 3.8) is 0 Å². The summed E-state index contributed by atoms with van der Waals surface area (Å²) in [5.41, 5.74) is 1.29. The molecule has 1 saturated carbocycles. The van der Waals surface area contributed by atoms with E-state index >= 15 is 0 Å². The van der Waals surface area contributed by atoms with Crippen LogP contribution in [0.4, 0.5) is 5.69 Å². The number of rotatable bonds is 5. The SMILES string of the molecule is CCCC1CCC(Nc2cccc(C)c2)(C(=O)O)CC1. The highest BCUT2D eigenvalue weighted by Crippen LogP contribution is 2.37. The van der Waals surface area contributed by atoms with Crippen LogP contribution >= 0.6 is 0 Å². The van der Waals surface area contributed by atoms with E-state index in [9.17, 15) is 9.90 Å². The van der Waals surface area contributed by atoms with Crippen LogP contribution in [0.5, 0.6) is 0 Å². The molecule has 2 N–H and O–H groups in total. The lowest BCUT2D eigenvalue weighted by Gasteiger charge is -2.38. The lowest BCUT2D eigenvalue weighted by Crippen LogP contribution is -2.49. The van der Waals surface area contributed by atoms with Crippen molar-refractivity contribution in [3.05, 3.63) is 29.8 Å². The number of hydrogen-bond acceptors (Lipinski definition) is 2. The molecule has 1 aliphatic carbocycles. The second kappa shape index (κ2) is 6.29. The van der Waals surface area contributed by atoms with Gasteiger partial charge in [-0.15, -0.1) is 0 Å². The molecule has 2 rings (SSSR count). The third kappa shape index (κ3) is 3.33. The molecule has 0 aliphatic heterocycles. The summed E-state index contributed by atoms with van der Waals surface area (Å²) in [7, 11) is 0. The molecule has 0 spiro atoms. The molecule has 1 fully saturated rings. The second-order valence-electron chi connectivity index (χ2n) is 6.11. The fraction of sp³-hybridized carbons (Fsp3) is 0.588. The molecule has 1 aliphatic rings. The molecular weight excluding hydrogens is 250 g/mol. The normalized spacial score (nSPS) is 26.2. The van der Waals surface area contributed by atoms with E-state index in [1.165, 1.54) is 12.8 Å². The van der Waals surface area contributed by atoms with Crippen molar-refractivity contribution in [2.75, 3.05) is 5.32 Å². The van der Waals surface area contributed by atoms with Crippen LogP contribution < -0.4 is 5.32 Å². The van der Waals surface area contributed by atoms with Crippen molar-refractivity contribution < 1.29 is 9.90 Å². The lowest BCUT2D eigenvalue weighted by molar-refractivity contribution is -0.143. The molecule has 0 unspecified atom stereocenters. The summed E-state index contributed by atoms with van der Waals surface area (Å²) in [6.45, 7) is 4.22. The van der Waals surface area contributed by atoms with Gasteiger partial charge in [-0.05, 0) is 56.2 Å². The number of anilines is 1. The van der Waals surface area contributed by atoms with E-state index in [0.717, 1.165) is 36.9 Å². The van der Waals surface area contributed by atoms with Crippen molar-refractivity contribution >= 4 is 11.7 Å². The first-order valence-electron chi connectivity index (χ1n) is 7.64. The van der Waals surface area contributed by atoms with Gasteiger partial charge in [0.15, 0.2) is 0 Å². The standard InChI is InChI=1S/C17H25NO2/c1-3-5-14-8-10-17(11-9-14,16(19)20)18-15-7-4-6-13(2)12-15/h4,6-7,12,14,18H,3,5,8-11H2,1-2H3,(H,19,20). The van der Waals surface area contributed by atoms with Gasteiger partial charge in [-0.1, -0.05) is 31.9 Å². The van der Waals surface area contributed by atoms with Gasteiger partial charge in [0.1, 0.15) is 5.54 Å². The van der Waals surface area contributed by atoms with Crippen molar-refractivity contribution in [2.45, 2.75) is 57.9 Å². The number of carboxylic acid groups (broad SMARTS) is 1. The molecule has 110 valence electrons. The predicted molar refractivity (Wildman–Crippen MR) is 82.0 cm³/mol. The van der Waals surface area contributed by atoms with E-state index < -0.39 is 11.5 Å². The Kier molecular flexibility index (Phi) is 4.69. The first-order chi connectivity index (χ1) is 9.55. The van der Waals surface area contributed by atoms with Crippen LogP contribution in [-0.4, -0.2) is 16.6 Å². The molecule has 0 saturated heterocycles. The van der Waals surface area contributed by atoms with Gasteiger partial charge in [0.2, 0.25) is 0 Å². The zero-order chi connectivity index (χ0) is 14.6. The minimum atomic E-state index is -0.780. The van der Waals surface area contributed by atoms with Crippen molar-refractivity contribution in [1.82, 2.24) is 0 Å². The molecule has 0 atom stereocenters. The Morgan fingerprint density at radius 2 is 2.10 bits per heavy atom. The first kappa shape index (κ1) is 14.9. The largest absolute Gasteiger partial charge is 0.480 e. The first-order valence-corrected chi connectivity index (χ1v) is 7.64. The zero-order valence-electron chi connectivity index (χ0n) is 12.5. The highest BCUT2D eigenvalue weighted by Gasteiger charge is 2.41. The number of hydrogen-bond donors (Lipinski definition) is 2. The van der Waals surface area contributed by atoms with Crippen LogP contribution in [0, 0.1) is 12.8 Å². The second-order valence-corrected chi connectivity index (χ2v) is 6.11. The van der Waals surface area contributed by atoms with E-state index in [1.807, 2.05) is 31.2 Å². The summed E-state index contributed by atoms with van der Waals surface area (Å²) in [6, 6.07) is 7.96. The third-order valence-electron chi connectivity index (χ3n) is 4.47. The Morgan fingerprint density at radius 1 is 1.40 bits per heavy atom. The maximum Gasteiger partial charge on any atom is 0.329 e. The fourth-order valence-electron chi connectivity index (χ4n) is 3.26. The average Bonchev–Trinajstić information content (AvgIpc) is 2.41. The number of aryl methyl sites for hydroxylation is 1. The molecule has 0 bridgehead atoms. The number of carbonyl (C=O) groups is 1. The number of aliphatic carboxylic acids is 1. The number of benzene rings is 1. The zero-order valence-corrected chi connectivity index (χ0v) is 12.5. The predicted octanol–water partition coefficient (Wildman–Crippen LogP) is 4.22. The van der Waals surface area contributed by atoms with Gasteiger partial charge in [0.25, 0.3) is 0 Å². The van der Waals surface area contributed by atoms with Crippen LogP contribution in [0.15, 0.2) is 24.3 Å². The van der Waals surface area contributed by atoms with Gasteiger partial charge in [0.05, 0.1) is 0 Å². The van der Waals surface area contributed by atoms with Gasteiger partial charge in [-0.2, -0.15) is 0 Å². The van der Waals surface area contributed by atoms with Gasteiger partial charge < -0.3 is 10.4 Å². The highest BCUT2D eigenvalue weighted by atomic mass is 16.4. The summed E-state index contributed by atoms with van der Waals surface area (Å²) in [6.07, 6.45) is 5.88. The minimum absolute atomic E-state index is 0.701. The topological polar surface area (TPSA) is 49.3 Å². The van der Waals surface area contributed by atoms with Crippen LogP contribution in [-0.2, 0) is 4.79 Å². The molecule has 3 heteroatoms. The van der Waals surface area contributed by atoms with E-state index in [0.29, 0.717) is 5.92 Å². The van der Waals surface area contributed by atoms with Crippen molar-refractivity contribution in [2.24, 2.45) is 5.92 Å². The van der Waals surface area contributed by atoms with Gasteiger partial charge >= 0.3 is 5.97 Å². The summed E-state index contributed by atoms with van der Waals surface area (Å²) in [5.74, 6) is -0.0132. The molecule has 1 aromatic rings. The van der Waals surface area contributed by atoms with Crippen LogP contribution in [0.3, 0.4) is 0 Å². The van der Waals surface area contributed by atoms with Crippen LogP contribution in [0.2, 0.25) is 0 Å². The Morgan fingerprint density at radius 3 is 2.65 bits per heavy atom. The van der Waals surface area contributed by atoms with E-state index in [-0.39, 0.29) is 0 Å². The summed E-state index contributed by atoms with van der Waals surface area (Å²) < 4.78 is 0. The minimum Gasteiger partial charge on any atom is -0.480 e. The van der Waals surface area contributed by atoms with Gasteiger partial charge in [-0.25, -0.2) is 4.79 Å². The van der Waals surface area contributed by atoms with E-state index in [2.05, 4.69) is 12.2 Å². The molecular formula is C17H25NO2. The monoisotopic (exact) mass is 275 g/mol. The maximum atomic E-state index is 11.8. The quantitative estimate of drug-likeness (QED) is 0.845. The molecule has 1 aromatic carbocycles. The third-order valence-corrected chi connectivity index (χ3v) is 4.47. The maximum absolute atomic E-state index is 11.8. The van der Waals surface area contributed by atoms with E-state index in [4.69, 9.17) is 0 Å². The molecule has 0 radical (unpaired) electrons. The number of carboxylic acids is 1. The van der Waals surface area contributed by atoms with Crippen molar-refractivity contribution in [1.29, 1.82) is 0 Å². The lowest BCUT2D eigenvalue weighted by atomic mass is 9.75. The van der Waals surface area contributed by atoms with E-state index in [1.54, 1.807) is 0 Å². The Labute approximate surface area is 121 Å². The van der Waals surface area contributed by atoms with Crippen molar-refractivity contribution in [3.8, 4) is 0 Å². The molecule has 3 nitrogen and oxygen atoms in total. The van der Waals surface area contributed by atoms with Gasteiger partial charge in [-0.3, -0.25) is 0 Å². The highest BCUT2D eigenvalue weighted by molar-refractivity contribution is 5.83. The molecule has 0 heterocycles. The Hall–Kier alpha value is -1.51. The Balaban J connectivity index is 2.10. The van der Waals surface area contributed by atoms with Crippen LogP contribution in [0.25, 0.3) is 0 Å². The smallest absolute Gasteiger partial charge is 0.329 e. The molecule has 0 aromatic heterocycles. The molecule has 0 amide bonds. The summed E-state index contributed by atoms with van der Waals surface area (Å²) >= 11 is 0. The van der Waals surface area contributed by atoms with Crippen LogP contribution in [0.1, 0.15) is 51.0 Å². The number of nitrogens with one attached hydrogen (secondary N) is 1. The van der Waals surface area contributed by atoms with Gasteiger partial charge in [0, 0.05) is 5.69 Å². The fourth-order valence-corrected chi connectivity index (χ4v) is 3.26. The Bertz CT molecular complexity index is 462. The summed E-state index contributed by atoms with van der Waals surface area (Å²) in [4.78, 5) is 11.8. The summed E-state index contributed by atoms with van der Waals surface area (Å²) in [5, 5.41) is 13.0. The molecule has 20 heavy (non-hydrogen) atoms. The average molecular weight is 275 g/mol.